The zero-order valence-corrected chi connectivity index (χ0v) is 11.6. The third kappa shape index (κ3) is 3.10. The Hall–Kier alpha value is -0.360. The molecule has 1 atom stereocenters. The summed E-state index contributed by atoms with van der Waals surface area (Å²) in [5, 5.41) is 0. The molecule has 1 unspecified atom stereocenters. The van der Waals surface area contributed by atoms with E-state index in [1.165, 1.54) is 12.8 Å². The first-order valence-corrected chi connectivity index (χ1v) is 6.75. The molecule has 0 aliphatic heterocycles. The third-order valence-electron chi connectivity index (χ3n) is 3.14. The molecule has 0 amide bonds. The lowest BCUT2D eigenvalue weighted by molar-refractivity contribution is 0.106. The fourth-order valence-corrected chi connectivity index (χ4v) is 2.60. The van der Waals surface area contributed by atoms with E-state index in [1.54, 1.807) is 13.4 Å². The highest BCUT2D eigenvalue weighted by molar-refractivity contribution is 9.10. The van der Waals surface area contributed by atoms with Gasteiger partial charge in [0.25, 0.3) is 0 Å². The third-order valence-corrected chi connectivity index (χ3v) is 3.80. The first-order chi connectivity index (χ1) is 8.27. The van der Waals surface area contributed by atoms with E-state index in [0.717, 1.165) is 23.4 Å². The second kappa shape index (κ2) is 6.00. The average molecular weight is 303 g/mol. The molecule has 5 heteroatoms. The molecule has 1 aromatic rings. The summed E-state index contributed by atoms with van der Waals surface area (Å²) in [5.41, 5.74) is 5.91. The van der Waals surface area contributed by atoms with Crippen LogP contribution < -0.4 is 5.73 Å². The van der Waals surface area contributed by atoms with Crippen molar-refractivity contribution >= 4 is 15.9 Å². The van der Waals surface area contributed by atoms with Crippen LogP contribution in [0.15, 0.2) is 21.2 Å². The van der Waals surface area contributed by atoms with Crippen LogP contribution in [0.5, 0.6) is 0 Å². The SMILES string of the molecule is COCCN(C1CC1)C(CN)c1occc1Br. The van der Waals surface area contributed by atoms with E-state index in [9.17, 15) is 0 Å². The summed E-state index contributed by atoms with van der Waals surface area (Å²) in [6.45, 7) is 2.19. The normalized spacial score (nSPS) is 17.6. The number of nitrogens with two attached hydrogens (primary N) is 1. The first kappa shape index (κ1) is 13.1. The number of methoxy groups -OCH3 is 1. The Morgan fingerprint density at radius 2 is 2.41 bits per heavy atom. The van der Waals surface area contributed by atoms with E-state index in [2.05, 4.69) is 20.8 Å². The predicted molar refractivity (Wildman–Crippen MR) is 69.8 cm³/mol. The van der Waals surface area contributed by atoms with Crippen LogP contribution in [-0.2, 0) is 4.74 Å². The minimum atomic E-state index is 0.141. The molecule has 1 aliphatic carbocycles. The number of furan rings is 1. The monoisotopic (exact) mass is 302 g/mol. The van der Waals surface area contributed by atoms with Gasteiger partial charge in [0.05, 0.1) is 23.4 Å². The van der Waals surface area contributed by atoms with Gasteiger partial charge in [0, 0.05) is 26.2 Å². The lowest BCUT2D eigenvalue weighted by Crippen LogP contribution is -2.37. The molecule has 0 saturated heterocycles. The van der Waals surface area contributed by atoms with Gasteiger partial charge in [0.2, 0.25) is 0 Å². The van der Waals surface area contributed by atoms with E-state index in [1.807, 2.05) is 6.07 Å². The number of hydrogen-bond acceptors (Lipinski definition) is 4. The van der Waals surface area contributed by atoms with Crippen LogP contribution in [-0.4, -0.2) is 37.7 Å². The van der Waals surface area contributed by atoms with E-state index in [-0.39, 0.29) is 6.04 Å². The maximum atomic E-state index is 5.91. The topological polar surface area (TPSA) is 51.6 Å². The van der Waals surface area contributed by atoms with Crippen molar-refractivity contribution in [3.63, 3.8) is 0 Å². The lowest BCUT2D eigenvalue weighted by atomic mass is 10.2. The van der Waals surface area contributed by atoms with Gasteiger partial charge in [-0.05, 0) is 34.8 Å². The van der Waals surface area contributed by atoms with Gasteiger partial charge in [0.15, 0.2) is 0 Å². The zero-order valence-electron chi connectivity index (χ0n) is 10.1. The summed E-state index contributed by atoms with van der Waals surface area (Å²) >= 11 is 3.51. The van der Waals surface area contributed by atoms with Crippen molar-refractivity contribution in [3.05, 3.63) is 22.6 Å². The van der Waals surface area contributed by atoms with Gasteiger partial charge in [-0.15, -0.1) is 0 Å². The van der Waals surface area contributed by atoms with E-state index in [0.29, 0.717) is 12.6 Å². The van der Waals surface area contributed by atoms with Gasteiger partial charge in [-0.25, -0.2) is 0 Å². The van der Waals surface area contributed by atoms with E-state index >= 15 is 0 Å². The number of hydrogen-bond donors (Lipinski definition) is 1. The molecule has 4 nitrogen and oxygen atoms in total. The quantitative estimate of drug-likeness (QED) is 0.838. The first-order valence-electron chi connectivity index (χ1n) is 5.95. The van der Waals surface area contributed by atoms with Gasteiger partial charge < -0.3 is 14.9 Å². The number of halogens is 1. The molecule has 2 N–H and O–H groups in total. The molecule has 2 rings (SSSR count). The highest BCUT2D eigenvalue weighted by Gasteiger charge is 2.35. The van der Waals surface area contributed by atoms with Crippen molar-refractivity contribution < 1.29 is 9.15 Å². The van der Waals surface area contributed by atoms with Crippen LogP contribution in [0.3, 0.4) is 0 Å². The molecule has 1 saturated carbocycles. The minimum Gasteiger partial charge on any atom is -0.466 e. The molecule has 0 aromatic carbocycles. The number of ether oxygens (including phenoxy) is 1. The Morgan fingerprint density at radius 1 is 1.65 bits per heavy atom. The molecule has 17 heavy (non-hydrogen) atoms. The Bertz CT molecular complexity index is 352. The van der Waals surface area contributed by atoms with Gasteiger partial charge >= 0.3 is 0 Å². The molecule has 0 bridgehead atoms. The van der Waals surface area contributed by atoms with Crippen molar-refractivity contribution in [3.8, 4) is 0 Å². The standard InChI is InChI=1S/C12H19BrN2O2/c1-16-7-5-15(9-2-3-9)11(8-14)12-10(13)4-6-17-12/h4,6,9,11H,2-3,5,7-8,14H2,1H3. The molecule has 1 aliphatic rings. The number of rotatable bonds is 7. The fourth-order valence-electron chi connectivity index (χ4n) is 2.13. The second-order valence-corrected chi connectivity index (χ2v) is 5.20. The summed E-state index contributed by atoms with van der Waals surface area (Å²) < 4.78 is 11.7. The van der Waals surface area contributed by atoms with Crippen LogP contribution >= 0.6 is 15.9 Å². The summed E-state index contributed by atoms with van der Waals surface area (Å²) in [4.78, 5) is 2.40. The summed E-state index contributed by atoms with van der Waals surface area (Å²) in [6, 6.07) is 2.69. The van der Waals surface area contributed by atoms with Crippen LogP contribution in [0.2, 0.25) is 0 Å². The molecule has 1 heterocycles. The largest absolute Gasteiger partial charge is 0.466 e. The second-order valence-electron chi connectivity index (χ2n) is 4.35. The molecular formula is C12H19BrN2O2. The van der Waals surface area contributed by atoms with Crippen molar-refractivity contribution in [2.75, 3.05) is 26.8 Å². The molecule has 0 spiro atoms. The highest BCUT2D eigenvalue weighted by Crippen LogP contribution is 2.36. The van der Waals surface area contributed by atoms with Crippen molar-refractivity contribution in [2.45, 2.75) is 24.9 Å². The summed E-state index contributed by atoms with van der Waals surface area (Å²) in [6.07, 6.45) is 4.19. The average Bonchev–Trinajstić information content (AvgIpc) is 3.08. The fraction of sp³-hybridized carbons (Fsp3) is 0.667. The van der Waals surface area contributed by atoms with Gasteiger partial charge in [-0.3, -0.25) is 4.90 Å². The Labute approximate surface area is 110 Å². The van der Waals surface area contributed by atoms with Gasteiger partial charge in [-0.1, -0.05) is 0 Å². The number of nitrogens with zero attached hydrogens (tertiary/aromatic N) is 1. The molecule has 96 valence electrons. The highest BCUT2D eigenvalue weighted by atomic mass is 79.9. The van der Waals surface area contributed by atoms with Gasteiger partial charge in [-0.2, -0.15) is 0 Å². The maximum absolute atomic E-state index is 5.91. The van der Waals surface area contributed by atoms with Crippen molar-refractivity contribution in [1.82, 2.24) is 4.90 Å². The van der Waals surface area contributed by atoms with Crippen LogP contribution in [0.25, 0.3) is 0 Å². The van der Waals surface area contributed by atoms with Crippen LogP contribution in [0.4, 0.5) is 0 Å². The van der Waals surface area contributed by atoms with Crippen molar-refractivity contribution in [2.24, 2.45) is 5.73 Å². The molecule has 0 radical (unpaired) electrons. The van der Waals surface area contributed by atoms with Crippen molar-refractivity contribution in [1.29, 1.82) is 0 Å². The van der Waals surface area contributed by atoms with Gasteiger partial charge in [0.1, 0.15) is 5.76 Å². The smallest absolute Gasteiger partial charge is 0.136 e. The Balaban J connectivity index is 2.11. The Kier molecular flexibility index (Phi) is 4.62. The summed E-state index contributed by atoms with van der Waals surface area (Å²) in [5.74, 6) is 0.926. The summed E-state index contributed by atoms with van der Waals surface area (Å²) in [7, 11) is 1.73. The molecule has 1 fully saturated rings. The predicted octanol–water partition coefficient (Wildman–Crippen LogP) is 2.15. The minimum absolute atomic E-state index is 0.141. The zero-order chi connectivity index (χ0) is 12.3. The lowest BCUT2D eigenvalue weighted by Gasteiger charge is -2.29. The van der Waals surface area contributed by atoms with Crippen LogP contribution in [0, 0.1) is 0 Å². The van der Waals surface area contributed by atoms with E-state index < -0.39 is 0 Å². The molecular weight excluding hydrogens is 284 g/mol. The Morgan fingerprint density at radius 3 is 2.88 bits per heavy atom. The molecule has 1 aromatic heterocycles. The maximum Gasteiger partial charge on any atom is 0.136 e. The van der Waals surface area contributed by atoms with Crippen LogP contribution in [0.1, 0.15) is 24.6 Å². The van der Waals surface area contributed by atoms with E-state index in [4.69, 9.17) is 14.9 Å².